The topological polar surface area (TPSA) is 15.6 Å². The van der Waals surface area contributed by atoms with E-state index in [9.17, 15) is 0 Å². The first-order valence-corrected chi connectivity index (χ1v) is 6.45. The second kappa shape index (κ2) is 5.70. The summed E-state index contributed by atoms with van der Waals surface area (Å²) in [5.41, 5.74) is 5.97. The quantitative estimate of drug-likeness (QED) is 0.750. The predicted molar refractivity (Wildman–Crippen MR) is 83.9 cm³/mol. The van der Waals surface area contributed by atoms with Crippen LogP contribution in [0.25, 0.3) is 0 Å². The molecule has 0 aliphatic heterocycles. The third-order valence-corrected chi connectivity index (χ3v) is 3.08. The van der Waals surface area contributed by atoms with E-state index in [1.54, 1.807) is 0 Å². The lowest BCUT2D eigenvalue weighted by atomic mass is 10.0. The molecule has 0 unspecified atom stereocenters. The fourth-order valence-corrected chi connectivity index (χ4v) is 2.43. The molecule has 19 heavy (non-hydrogen) atoms. The Hall–Kier alpha value is -2.09. The molecule has 0 spiro atoms. The SMILES string of the molecule is Cc1cc(C=Nc2ccccc2)cc(C)c1N(C)C. The monoisotopic (exact) mass is 252 g/mol. The molecule has 0 heterocycles. The van der Waals surface area contributed by atoms with Gasteiger partial charge in [0.1, 0.15) is 0 Å². The van der Waals surface area contributed by atoms with E-state index in [1.165, 1.54) is 16.8 Å². The Morgan fingerprint density at radius 1 is 0.947 bits per heavy atom. The van der Waals surface area contributed by atoms with Crippen molar-refractivity contribution >= 4 is 17.6 Å². The van der Waals surface area contributed by atoms with Crippen molar-refractivity contribution in [2.75, 3.05) is 19.0 Å². The summed E-state index contributed by atoms with van der Waals surface area (Å²) in [6, 6.07) is 14.4. The molecule has 0 fully saturated rings. The first-order chi connectivity index (χ1) is 9.08. The van der Waals surface area contributed by atoms with E-state index in [0.717, 1.165) is 11.3 Å². The zero-order valence-corrected chi connectivity index (χ0v) is 12.0. The summed E-state index contributed by atoms with van der Waals surface area (Å²) in [7, 11) is 4.15. The lowest BCUT2D eigenvalue weighted by Crippen LogP contribution is -2.12. The fourth-order valence-electron chi connectivity index (χ4n) is 2.43. The van der Waals surface area contributed by atoms with Crippen molar-refractivity contribution in [2.24, 2.45) is 4.99 Å². The summed E-state index contributed by atoms with van der Waals surface area (Å²) in [5.74, 6) is 0. The molecule has 0 N–H and O–H groups in total. The van der Waals surface area contributed by atoms with Crippen LogP contribution in [0.3, 0.4) is 0 Å². The Kier molecular flexibility index (Phi) is 4.00. The van der Waals surface area contributed by atoms with E-state index >= 15 is 0 Å². The van der Waals surface area contributed by atoms with Crippen LogP contribution >= 0.6 is 0 Å². The van der Waals surface area contributed by atoms with E-state index in [4.69, 9.17) is 0 Å². The second-order valence-electron chi connectivity index (χ2n) is 4.99. The molecule has 98 valence electrons. The number of aryl methyl sites for hydroxylation is 2. The van der Waals surface area contributed by atoms with Crippen molar-refractivity contribution < 1.29 is 0 Å². The van der Waals surface area contributed by atoms with Crippen molar-refractivity contribution in [3.8, 4) is 0 Å². The summed E-state index contributed by atoms with van der Waals surface area (Å²) in [4.78, 5) is 6.65. The van der Waals surface area contributed by atoms with Crippen LogP contribution in [-0.4, -0.2) is 20.3 Å². The van der Waals surface area contributed by atoms with Crippen LogP contribution < -0.4 is 4.90 Å². The molecule has 2 aromatic carbocycles. The first kappa shape index (κ1) is 13.3. The summed E-state index contributed by atoms with van der Waals surface area (Å²) in [6.45, 7) is 4.28. The molecule has 0 radical (unpaired) electrons. The molecule has 0 aliphatic carbocycles. The molecule has 0 saturated heterocycles. The average Bonchev–Trinajstić information content (AvgIpc) is 2.36. The molecule has 0 bridgehead atoms. The minimum Gasteiger partial charge on any atom is -0.377 e. The van der Waals surface area contributed by atoms with Gasteiger partial charge < -0.3 is 4.90 Å². The molecule has 2 heteroatoms. The maximum atomic E-state index is 4.49. The van der Waals surface area contributed by atoms with Crippen LogP contribution in [0.15, 0.2) is 47.5 Å². The normalized spacial score (nSPS) is 10.9. The molecular formula is C17H20N2. The van der Waals surface area contributed by atoms with Crippen molar-refractivity contribution in [1.29, 1.82) is 0 Å². The van der Waals surface area contributed by atoms with Gasteiger partial charge in [0.2, 0.25) is 0 Å². The lowest BCUT2D eigenvalue weighted by Gasteiger charge is -2.19. The number of hydrogen-bond donors (Lipinski definition) is 0. The molecule has 0 amide bonds. The number of hydrogen-bond acceptors (Lipinski definition) is 2. The van der Waals surface area contributed by atoms with Crippen LogP contribution in [0.5, 0.6) is 0 Å². The van der Waals surface area contributed by atoms with Gasteiger partial charge in [0.15, 0.2) is 0 Å². The van der Waals surface area contributed by atoms with E-state index in [2.05, 4.69) is 50.0 Å². The third-order valence-electron chi connectivity index (χ3n) is 3.08. The van der Waals surface area contributed by atoms with Gasteiger partial charge in [-0.1, -0.05) is 18.2 Å². The molecule has 0 saturated carbocycles. The highest BCUT2D eigenvalue weighted by atomic mass is 15.1. The van der Waals surface area contributed by atoms with Gasteiger partial charge in [-0.15, -0.1) is 0 Å². The summed E-state index contributed by atoms with van der Waals surface area (Å²) < 4.78 is 0. The number of anilines is 1. The molecular weight excluding hydrogens is 232 g/mol. The van der Waals surface area contributed by atoms with Crippen LogP contribution in [0, 0.1) is 13.8 Å². The summed E-state index contributed by atoms with van der Waals surface area (Å²) in [6.07, 6.45) is 1.93. The zero-order valence-electron chi connectivity index (χ0n) is 12.0. The van der Waals surface area contributed by atoms with Gasteiger partial charge in [-0.05, 0) is 54.8 Å². The van der Waals surface area contributed by atoms with Gasteiger partial charge >= 0.3 is 0 Å². The van der Waals surface area contributed by atoms with Crippen molar-refractivity contribution in [1.82, 2.24) is 0 Å². The third kappa shape index (κ3) is 3.22. The Morgan fingerprint density at radius 3 is 2.05 bits per heavy atom. The van der Waals surface area contributed by atoms with Gasteiger partial charge in [0, 0.05) is 26.0 Å². The molecule has 2 aromatic rings. The molecule has 2 nitrogen and oxygen atoms in total. The number of aliphatic imine (C=N–C) groups is 1. The van der Waals surface area contributed by atoms with Crippen molar-refractivity contribution in [3.05, 3.63) is 59.2 Å². The highest BCUT2D eigenvalue weighted by Gasteiger charge is 2.05. The number of rotatable bonds is 3. The molecule has 2 rings (SSSR count). The molecule has 0 aromatic heterocycles. The minimum absolute atomic E-state index is 0.981. The summed E-state index contributed by atoms with van der Waals surface area (Å²) >= 11 is 0. The highest BCUT2D eigenvalue weighted by molar-refractivity contribution is 5.84. The predicted octanol–water partition coefficient (Wildman–Crippen LogP) is 4.12. The maximum Gasteiger partial charge on any atom is 0.0629 e. The van der Waals surface area contributed by atoms with Crippen molar-refractivity contribution in [2.45, 2.75) is 13.8 Å². The van der Waals surface area contributed by atoms with E-state index in [1.807, 2.05) is 36.5 Å². The van der Waals surface area contributed by atoms with Crippen LogP contribution in [0.4, 0.5) is 11.4 Å². The van der Waals surface area contributed by atoms with Gasteiger partial charge in [-0.2, -0.15) is 0 Å². The Labute approximate surface area is 115 Å². The second-order valence-corrected chi connectivity index (χ2v) is 4.99. The van der Waals surface area contributed by atoms with Gasteiger partial charge in [-0.25, -0.2) is 0 Å². The largest absolute Gasteiger partial charge is 0.377 e. The smallest absolute Gasteiger partial charge is 0.0629 e. The Balaban J connectivity index is 2.30. The van der Waals surface area contributed by atoms with E-state index < -0.39 is 0 Å². The van der Waals surface area contributed by atoms with Crippen LogP contribution in [-0.2, 0) is 0 Å². The maximum absolute atomic E-state index is 4.49. The number of nitrogens with zero attached hydrogens (tertiary/aromatic N) is 2. The first-order valence-electron chi connectivity index (χ1n) is 6.45. The fraction of sp³-hybridized carbons (Fsp3) is 0.235. The lowest BCUT2D eigenvalue weighted by molar-refractivity contribution is 1.10. The van der Waals surface area contributed by atoms with Gasteiger partial charge in [0.05, 0.1) is 5.69 Å². The standard InChI is InChI=1S/C17H20N2/c1-13-10-15(11-14(2)17(13)19(3)4)12-18-16-8-6-5-7-9-16/h5-12H,1-4H3. The Morgan fingerprint density at radius 2 is 1.53 bits per heavy atom. The minimum atomic E-state index is 0.981. The van der Waals surface area contributed by atoms with Crippen molar-refractivity contribution in [3.63, 3.8) is 0 Å². The van der Waals surface area contributed by atoms with Crippen LogP contribution in [0.2, 0.25) is 0 Å². The van der Waals surface area contributed by atoms with E-state index in [0.29, 0.717) is 0 Å². The van der Waals surface area contributed by atoms with Gasteiger partial charge in [0.25, 0.3) is 0 Å². The number of para-hydroxylation sites is 1. The van der Waals surface area contributed by atoms with Crippen LogP contribution in [0.1, 0.15) is 16.7 Å². The summed E-state index contributed by atoms with van der Waals surface area (Å²) in [5, 5.41) is 0. The number of benzene rings is 2. The molecule has 0 aliphatic rings. The van der Waals surface area contributed by atoms with E-state index in [-0.39, 0.29) is 0 Å². The molecule has 0 atom stereocenters. The Bertz CT molecular complexity index is 560. The average molecular weight is 252 g/mol. The highest BCUT2D eigenvalue weighted by Crippen LogP contribution is 2.24. The van der Waals surface area contributed by atoms with Gasteiger partial charge in [-0.3, -0.25) is 4.99 Å². The zero-order chi connectivity index (χ0) is 13.8.